The van der Waals surface area contributed by atoms with Gasteiger partial charge in [0.25, 0.3) is 0 Å². The molecule has 0 radical (unpaired) electrons. The summed E-state index contributed by atoms with van der Waals surface area (Å²) in [6, 6.07) is 7.82. The van der Waals surface area contributed by atoms with Crippen LogP contribution in [0.15, 0.2) is 30.3 Å². The monoisotopic (exact) mass is 538 g/mol. The number of aliphatic hydroxyl groups excluding tert-OH is 1. The van der Waals surface area contributed by atoms with Crippen LogP contribution in [0.1, 0.15) is 66.9 Å². The zero-order valence-corrected chi connectivity index (χ0v) is 24.3. The minimum absolute atomic E-state index is 0.0501. The van der Waals surface area contributed by atoms with E-state index in [2.05, 4.69) is 29.8 Å². The Morgan fingerprint density at radius 2 is 1.68 bits per heavy atom. The number of carbonyl (C=O) groups excluding carboxylic acids is 3. The lowest BCUT2D eigenvalue weighted by Gasteiger charge is -2.34. The molecule has 9 heteroatoms. The molecule has 0 spiro atoms. The molecule has 1 aromatic carbocycles. The number of amides is 4. The van der Waals surface area contributed by atoms with Gasteiger partial charge in [0.05, 0.1) is 18.7 Å². The molecular formula is C28H47ClN4O4. The van der Waals surface area contributed by atoms with Crippen molar-refractivity contribution in [2.75, 3.05) is 19.0 Å². The van der Waals surface area contributed by atoms with Crippen molar-refractivity contribution in [3.8, 4) is 0 Å². The molecule has 37 heavy (non-hydrogen) atoms. The van der Waals surface area contributed by atoms with Crippen molar-refractivity contribution in [3.05, 3.63) is 35.9 Å². The van der Waals surface area contributed by atoms with Crippen LogP contribution in [0, 0.1) is 11.8 Å². The number of aliphatic hydroxyl groups is 1. The summed E-state index contributed by atoms with van der Waals surface area (Å²) < 4.78 is 0. The Balaban J connectivity index is 3.19. The highest BCUT2D eigenvalue weighted by Crippen LogP contribution is 2.14. The normalized spacial score (nSPS) is 14.9. The minimum atomic E-state index is -1.04. The summed E-state index contributed by atoms with van der Waals surface area (Å²) >= 11 is 5.67. The minimum Gasteiger partial charge on any atom is -0.389 e. The first-order valence-electron chi connectivity index (χ1n) is 13.2. The average molecular weight is 539 g/mol. The van der Waals surface area contributed by atoms with Gasteiger partial charge in [-0.1, -0.05) is 64.4 Å². The second-order valence-corrected chi connectivity index (χ2v) is 11.5. The van der Waals surface area contributed by atoms with E-state index in [4.69, 9.17) is 11.6 Å². The van der Waals surface area contributed by atoms with E-state index < -0.39 is 29.6 Å². The van der Waals surface area contributed by atoms with E-state index in [9.17, 15) is 19.5 Å². The Labute approximate surface area is 227 Å². The van der Waals surface area contributed by atoms with E-state index in [0.29, 0.717) is 25.3 Å². The molecular weight excluding hydrogens is 492 g/mol. The molecule has 0 bridgehead atoms. The maximum absolute atomic E-state index is 13.3. The van der Waals surface area contributed by atoms with Gasteiger partial charge in [-0.2, -0.15) is 0 Å². The summed E-state index contributed by atoms with van der Waals surface area (Å²) in [5.41, 5.74) is 0.504. The third-order valence-electron chi connectivity index (χ3n) is 6.18. The van der Waals surface area contributed by atoms with Crippen LogP contribution in [0.25, 0.3) is 0 Å². The smallest absolute Gasteiger partial charge is 0.317 e. The van der Waals surface area contributed by atoms with Crippen molar-refractivity contribution in [2.24, 2.45) is 11.8 Å². The lowest BCUT2D eigenvalue weighted by atomic mass is 9.96. The van der Waals surface area contributed by atoms with Gasteiger partial charge in [0, 0.05) is 12.1 Å². The quantitative estimate of drug-likeness (QED) is 0.271. The van der Waals surface area contributed by atoms with Gasteiger partial charge >= 0.3 is 6.03 Å². The van der Waals surface area contributed by atoms with Gasteiger partial charge in [0.2, 0.25) is 11.8 Å². The molecule has 8 nitrogen and oxygen atoms in total. The van der Waals surface area contributed by atoms with Crippen LogP contribution in [-0.4, -0.2) is 70.5 Å². The lowest BCUT2D eigenvalue weighted by Crippen LogP contribution is -2.58. The second kappa shape index (κ2) is 15.8. The SMILES string of the molecule is CC[C@H](C)[C@H](NC(=O)CCl)C(=O)N[C@@H](Cc1ccccc1)[C@H](O)CN(CCC(C)C)C(=O)NC(C)(C)C. The van der Waals surface area contributed by atoms with Crippen LogP contribution in [0.3, 0.4) is 0 Å². The fourth-order valence-corrected chi connectivity index (χ4v) is 3.86. The predicted molar refractivity (Wildman–Crippen MR) is 150 cm³/mol. The molecule has 1 rings (SSSR count). The van der Waals surface area contributed by atoms with Crippen molar-refractivity contribution in [1.82, 2.24) is 20.9 Å². The summed E-state index contributed by atoms with van der Waals surface area (Å²) in [5.74, 6) is -0.823. The zero-order chi connectivity index (χ0) is 28.2. The first-order chi connectivity index (χ1) is 17.3. The van der Waals surface area contributed by atoms with Crippen LogP contribution in [0.4, 0.5) is 4.79 Å². The number of hydrogen-bond acceptors (Lipinski definition) is 4. The number of alkyl halides is 1. The van der Waals surface area contributed by atoms with Crippen LogP contribution in [-0.2, 0) is 16.0 Å². The molecule has 0 aliphatic rings. The molecule has 0 aromatic heterocycles. The predicted octanol–water partition coefficient (Wildman–Crippen LogP) is 3.70. The number of urea groups is 1. The molecule has 210 valence electrons. The standard InChI is InChI=1S/C28H47ClN4O4/c1-8-20(4)25(31-24(35)17-29)26(36)30-22(16-21-12-10-9-11-13-21)23(34)18-33(15-14-19(2)3)27(37)32-28(5,6)7/h9-13,19-20,22-23,25,34H,8,14-18H2,1-7H3,(H,30,36)(H,31,35)(H,32,37)/t20-,22-,23+,25-/m0/s1. The zero-order valence-electron chi connectivity index (χ0n) is 23.5. The van der Waals surface area contributed by atoms with E-state index in [1.807, 2.05) is 65.0 Å². The topological polar surface area (TPSA) is 111 Å². The molecule has 1 aromatic rings. The second-order valence-electron chi connectivity index (χ2n) is 11.2. The molecule has 0 saturated heterocycles. The highest BCUT2D eigenvalue weighted by atomic mass is 35.5. The summed E-state index contributed by atoms with van der Waals surface area (Å²) in [7, 11) is 0. The van der Waals surface area contributed by atoms with E-state index in [-0.39, 0.29) is 30.3 Å². The average Bonchev–Trinajstić information content (AvgIpc) is 2.83. The number of nitrogens with one attached hydrogen (secondary N) is 3. The molecule has 0 fully saturated rings. The van der Waals surface area contributed by atoms with Crippen molar-refractivity contribution in [1.29, 1.82) is 0 Å². The van der Waals surface area contributed by atoms with Crippen molar-refractivity contribution >= 4 is 29.4 Å². The largest absolute Gasteiger partial charge is 0.389 e. The van der Waals surface area contributed by atoms with Gasteiger partial charge in [-0.3, -0.25) is 9.59 Å². The Morgan fingerprint density at radius 1 is 1.05 bits per heavy atom. The van der Waals surface area contributed by atoms with Crippen LogP contribution in [0.2, 0.25) is 0 Å². The number of hydrogen-bond donors (Lipinski definition) is 4. The number of rotatable bonds is 14. The maximum atomic E-state index is 13.3. The van der Waals surface area contributed by atoms with Crippen molar-refractivity contribution in [3.63, 3.8) is 0 Å². The fraction of sp³-hybridized carbons (Fsp3) is 0.679. The molecule has 4 atom stereocenters. The van der Waals surface area contributed by atoms with E-state index in [1.54, 1.807) is 4.90 Å². The van der Waals surface area contributed by atoms with Crippen molar-refractivity contribution < 1.29 is 19.5 Å². The summed E-state index contributed by atoms with van der Waals surface area (Å²) in [6.07, 6.45) is 0.773. The first kappa shape index (κ1) is 32.7. The van der Waals surface area contributed by atoms with Gasteiger partial charge in [-0.05, 0) is 51.0 Å². The third kappa shape index (κ3) is 12.7. The number of nitrogens with zero attached hydrogens (tertiary/aromatic N) is 1. The highest BCUT2D eigenvalue weighted by Gasteiger charge is 2.32. The molecule has 4 amide bonds. The summed E-state index contributed by atoms with van der Waals surface area (Å²) in [4.78, 5) is 40.0. The van der Waals surface area contributed by atoms with Gasteiger partial charge in [0.15, 0.2) is 0 Å². The van der Waals surface area contributed by atoms with Gasteiger partial charge < -0.3 is 26.0 Å². The Morgan fingerprint density at radius 3 is 2.19 bits per heavy atom. The van der Waals surface area contributed by atoms with Gasteiger partial charge in [-0.25, -0.2) is 4.79 Å². The van der Waals surface area contributed by atoms with Crippen LogP contribution >= 0.6 is 11.6 Å². The molecule has 0 aliphatic carbocycles. The van der Waals surface area contributed by atoms with Crippen LogP contribution in [0.5, 0.6) is 0 Å². The van der Waals surface area contributed by atoms with Gasteiger partial charge in [-0.15, -0.1) is 11.6 Å². The number of carbonyl (C=O) groups is 3. The third-order valence-corrected chi connectivity index (χ3v) is 6.42. The van der Waals surface area contributed by atoms with E-state index in [1.165, 1.54) is 0 Å². The lowest BCUT2D eigenvalue weighted by molar-refractivity contribution is -0.130. The van der Waals surface area contributed by atoms with E-state index in [0.717, 1.165) is 12.0 Å². The van der Waals surface area contributed by atoms with E-state index >= 15 is 0 Å². The highest BCUT2D eigenvalue weighted by molar-refractivity contribution is 6.27. The summed E-state index contributed by atoms with van der Waals surface area (Å²) in [6.45, 7) is 14.2. The fourth-order valence-electron chi connectivity index (χ4n) is 3.78. The molecule has 4 N–H and O–H groups in total. The molecule has 0 saturated carbocycles. The van der Waals surface area contributed by atoms with Gasteiger partial charge in [0.1, 0.15) is 11.9 Å². The number of halogens is 1. The molecule has 0 heterocycles. The molecule has 0 unspecified atom stereocenters. The number of benzene rings is 1. The molecule has 0 aliphatic heterocycles. The Hall–Kier alpha value is -2.32. The Bertz CT molecular complexity index is 844. The maximum Gasteiger partial charge on any atom is 0.317 e. The summed E-state index contributed by atoms with van der Waals surface area (Å²) in [5, 5.41) is 20.0. The Kier molecular flexibility index (Phi) is 14.0. The first-order valence-corrected chi connectivity index (χ1v) is 13.8. The van der Waals surface area contributed by atoms with Crippen molar-refractivity contribution in [2.45, 2.75) is 91.5 Å². The van der Waals surface area contributed by atoms with Crippen LogP contribution < -0.4 is 16.0 Å².